The molecule has 0 radical (unpaired) electrons. The maximum atomic E-state index is 11.0. The van der Waals surface area contributed by atoms with E-state index in [0.29, 0.717) is 5.39 Å². The third kappa shape index (κ3) is 2.62. The lowest BCUT2D eigenvalue weighted by Gasteiger charge is -2.40. The quantitative estimate of drug-likeness (QED) is 0.265. The molecule has 12 nitrogen and oxygen atoms in total. The second-order valence-corrected chi connectivity index (χ2v) is 7.61. The van der Waals surface area contributed by atoms with Gasteiger partial charge >= 0.3 is 0 Å². The summed E-state index contributed by atoms with van der Waals surface area (Å²) in [6.07, 6.45) is -6.05. The fourth-order valence-electron chi connectivity index (χ4n) is 4.24. The number of ether oxygens (including phenoxy) is 2. The largest absolute Gasteiger partial charge is 0.394 e. The topological polar surface area (TPSA) is 197 Å². The van der Waals surface area contributed by atoms with Gasteiger partial charge in [-0.05, 0) is 13.0 Å². The molecule has 2 aromatic heterocycles. The van der Waals surface area contributed by atoms with Crippen molar-refractivity contribution >= 4 is 16.9 Å². The van der Waals surface area contributed by atoms with Crippen LogP contribution in [-0.2, 0) is 15.2 Å². The highest BCUT2D eigenvalue weighted by atomic mass is 16.6. The van der Waals surface area contributed by atoms with Gasteiger partial charge in [0.1, 0.15) is 60.0 Å². The van der Waals surface area contributed by atoms with Gasteiger partial charge in [-0.15, -0.1) is 0 Å². The number of nitrogens with two attached hydrogens (primary N) is 1. The van der Waals surface area contributed by atoms with Crippen molar-refractivity contribution in [2.75, 3.05) is 18.9 Å². The number of aromatic nitrogens is 3. The number of aliphatic hydroxyl groups is 6. The van der Waals surface area contributed by atoms with Gasteiger partial charge in [0, 0.05) is 6.20 Å². The van der Waals surface area contributed by atoms with Gasteiger partial charge < -0.3 is 45.8 Å². The van der Waals surface area contributed by atoms with E-state index in [4.69, 9.17) is 15.2 Å². The zero-order valence-corrected chi connectivity index (χ0v) is 15.5. The number of hydrogen-bond acceptors (Lipinski definition) is 11. The van der Waals surface area contributed by atoms with Crippen molar-refractivity contribution < 1.29 is 40.1 Å². The van der Waals surface area contributed by atoms with E-state index in [1.807, 2.05) is 0 Å². The lowest BCUT2D eigenvalue weighted by molar-refractivity contribution is -0.231. The van der Waals surface area contributed by atoms with E-state index in [-0.39, 0.29) is 11.5 Å². The number of anilines is 1. The van der Waals surface area contributed by atoms with Crippen LogP contribution in [0, 0.1) is 0 Å². The van der Waals surface area contributed by atoms with Crippen molar-refractivity contribution in [2.45, 2.75) is 54.9 Å². The Bertz CT molecular complexity index is 907. The van der Waals surface area contributed by atoms with Gasteiger partial charge in [-0.25, -0.2) is 9.97 Å². The fourth-order valence-corrected chi connectivity index (χ4v) is 4.24. The molecule has 4 rings (SSSR count). The molecule has 2 fully saturated rings. The number of aliphatic hydroxyl groups excluding tert-OH is 5. The van der Waals surface area contributed by atoms with Gasteiger partial charge in [0.25, 0.3) is 0 Å². The van der Waals surface area contributed by atoms with E-state index in [1.54, 1.807) is 6.07 Å². The van der Waals surface area contributed by atoms with Gasteiger partial charge in [0.15, 0.2) is 0 Å². The minimum Gasteiger partial charge on any atom is -0.394 e. The van der Waals surface area contributed by atoms with Gasteiger partial charge in [0.2, 0.25) is 5.72 Å². The number of nitrogen functional groups attached to an aromatic ring is 1. The first-order chi connectivity index (χ1) is 13.7. The molecule has 1 unspecified atom stereocenters. The predicted molar refractivity (Wildman–Crippen MR) is 96.3 cm³/mol. The number of rotatable bonds is 4. The molecule has 2 aliphatic heterocycles. The van der Waals surface area contributed by atoms with Crippen molar-refractivity contribution in [3.05, 3.63) is 18.6 Å². The normalized spacial score (nSPS) is 42.7. The molecule has 160 valence electrons. The van der Waals surface area contributed by atoms with Crippen LogP contribution in [0.25, 0.3) is 11.0 Å². The van der Waals surface area contributed by atoms with Crippen LogP contribution in [0.4, 0.5) is 5.82 Å². The standard InChI is InChI=1S/C17H24N4O8/c1-16(27)9(5-23)28-13(12(16)26)17(11(25)10(24)8(4-22)29-17)21-3-2-7-14(18)19-6-20-15(7)21/h2-3,6,8-13,22-27H,4-5H2,1H3,(H2,18,19,20)/t8-,9-,10+,11-,12+,13-,16+,17?/m1/s1. The first kappa shape index (κ1) is 20.4. The lowest BCUT2D eigenvalue weighted by Crippen LogP contribution is -2.59. The maximum absolute atomic E-state index is 11.0. The summed E-state index contributed by atoms with van der Waals surface area (Å²) in [6, 6.07) is 1.56. The van der Waals surface area contributed by atoms with Crippen LogP contribution in [0.2, 0.25) is 0 Å². The summed E-state index contributed by atoms with van der Waals surface area (Å²) >= 11 is 0. The molecular formula is C17H24N4O8. The molecule has 12 heteroatoms. The minimum absolute atomic E-state index is 0.156. The molecular weight excluding hydrogens is 388 g/mol. The van der Waals surface area contributed by atoms with Crippen molar-refractivity contribution in [2.24, 2.45) is 0 Å². The molecule has 2 saturated heterocycles. The smallest absolute Gasteiger partial charge is 0.204 e. The molecule has 0 aromatic carbocycles. The SMILES string of the molecule is C[C@]1(O)[C@@H](CO)O[C@@H](C2(n3ccc4c(N)ncnc43)O[C@H](CO)[C@H](O)[C@H]2O)[C@@H]1O. The van der Waals surface area contributed by atoms with E-state index in [1.165, 1.54) is 24.0 Å². The van der Waals surface area contributed by atoms with Crippen molar-refractivity contribution in [3.63, 3.8) is 0 Å². The first-order valence-electron chi connectivity index (χ1n) is 9.09. The first-order valence-corrected chi connectivity index (χ1v) is 9.09. The van der Waals surface area contributed by atoms with Crippen LogP contribution in [0.15, 0.2) is 18.6 Å². The van der Waals surface area contributed by atoms with E-state index < -0.39 is 61.2 Å². The highest BCUT2D eigenvalue weighted by Crippen LogP contribution is 2.48. The minimum atomic E-state index is -2.00. The summed E-state index contributed by atoms with van der Waals surface area (Å²) in [5.41, 5.74) is 2.22. The molecule has 0 bridgehead atoms. The van der Waals surface area contributed by atoms with Crippen LogP contribution in [0.1, 0.15) is 6.92 Å². The number of fused-ring (bicyclic) bond motifs is 1. The molecule has 4 heterocycles. The van der Waals surface area contributed by atoms with E-state index in [0.717, 1.165) is 0 Å². The van der Waals surface area contributed by atoms with Crippen molar-refractivity contribution in [1.29, 1.82) is 0 Å². The lowest BCUT2D eigenvalue weighted by atomic mass is 9.86. The Kier molecular flexibility index (Phi) is 4.79. The number of nitrogens with zero attached hydrogens (tertiary/aromatic N) is 3. The summed E-state index contributed by atoms with van der Waals surface area (Å²) in [5.74, 6) is 0.156. The molecule has 8 atom stereocenters. The van der Waals surface area contributed by atoms with Crippen molar-refractivity contribution in [1.82, 2.24) is 14.5 Å². The Morgan fingerprint density at radius 3 is 2.48 bits per heavy atom. The Balaban J connectivity index is 1.94. The monoisotopic (exact) mass is 412 g/mol. The van der Waals surface area contributed by atoms with Crippen LogP contribution in [0.5, 0.6) is 0 Å². The van der Waals surface area contributed by atoms with E-state index in [9.17, 15) is 30.6 Å². The summed E-state index contributed by atoms with van der Waals surface area (Å²) in [6.45, 7) is 0.0423. The van der Waals surface area contributed by atoms with Gasteiger partial charge in [0.05, 0.1) is 18.6 Å². The van der Waals surface area contributed by atoms with Gasteiger partial charge in [-0.1, -0.05) is 0 Å². The number of hydrogen-bond donors (Lipinski definition) is 7. The molecule has 2 aromatic rings. The third-order valence-corrected chi connectivity index (χ3v) is 5.96. The zero-order chi connectivity index (χ0) is 21.1. The van der Waals surface area contributed by atoms with Crippen molar-refractivity contribution in [3.8, 4) is 0 Å². The zero-order valence-electron chi connectivity index (χ0n) is 15.5. The Morgan fingerprint density at radius 1 is 1.17 bits per heavy atom. The molecule has 0 spiro atoms. The van der Waals surface area contributed by atoms with Crippen LogP contribution < -0.4 is 5.73 Å². The summed E-state index contributed by atoms with van der Waals surface area (Å²) in [7, 11) is 0. The molecule has 8 N–H and O–H groups in total. The molecule has 0 saturated carbocycles. The van der Waals surface area contributed by atoms with Crippen LogP contribution in [0.3, 0.4) is 0 Å². The van der Waals surface area contributed by atoms with E-state index in [2.05, 4.69) is 9.97 Å². The second kappa shape index (κ2) is 6.82. The van der Waals surface area contributed by atoms with Crippen LogP contribution in [-0.4, -0.2) is 101 Å². The highest BCUT2D eigenvalue weighted by Gasteiger charge is 2.68. The molecule has 2 aliphatic rings. The molecule has 0 aliphatic carbocycles. The average Bonchev–Trinajstić information content (AvgIpc) is 3.31. The Hall–Kier alpha value is -1.90. The summed E-state index contributed by atoms with van der Waals surface area (Å²) < 4.78 is 12.9. The predicted octanol–water partition coefficient (Wildman–Crippen LogP) is -3.35. The average molecular weight is 412 g/mol. The van der Waals surface area contributed by atoms with Gasteiger partial charge in [-0.3, -0.25) is 4.57 Å². The summed E-state index contributed by atoms with van der Waals surface area (Å²) in [4.78, 5) is 8.06. The Labute approximate surface area is 164 Å². The summed E-state index contributed by atoms with van der Waals surface area (Å²) in [5, 5.41) is 62.6. The molecule has 0 amide bonds. The fraction of sp³-hybridized carbons (Fsp3) is 0.647. The maximum Gasteiger partial charge on any atom is 0.204 e. The second-order valence-electron chi connectivity index (χ2n) is 7.61. The highest BCUT2D eigenvalue weighted by molar-refractivity contribution is 5.86. The Morgan fingerprint density at radius 2 is 1.90 bits per heavy atom. The third-order valence-electron chi connectivity index (χ3n) is 5.96. The van der Waals surface area contributed by atoms with Crippen LogP contribution >= 0.6 is 0 Å². The van der Waals surface area contributed by atoms with E-state index >= 15 is 0 Å². The van der Waals surface area contributed by atoms with Gasteiger partial charge in [-0.2, -0.15) is 0 Å². The molecule has 29 heavy (non-hydrogen) atoms.